The van der Waals surface area contributed by atoms with Crippen LogP contribution in [0.2, 0.25) is 5.02 Å². The molecule has 0 aliphatic heterocycles. The highest BCUT2D eigenvalue weighted by molar-refractivity contribution is 6.30. The Morgan fingerprint density at radius 2 is 2.12 bits per heavy atom. The topological polar surface area (TPSA) is 29.5 Å². The summed E-state index contributed by atoms with van der Waals surface area (Å²) in [7, 11) is 1.64. The third-order valence-electron chi connectivity index (χ3n) is 1.80. The molecule has 1 amide bonds. The quantitative estimate of drug-likeness (QED) is 0.752. The van der Waals surface area contributed by atoms with Crippen LogP contribution in [-0.2, 0) is 4.74 Å². The largest absolute Gasteiger partial charge is 0.443 e. The minimum atomic E-state index is -0.504. The van der Waals surface area contributed by atoms with Crippen molar-refractivity contribution in [3.8, 4) is 0 Å². The first-order valence-corrected chi connectivity index (χ1v) is 5.31. The van der Waals surface area contributed by atoms with Gasteiger partial charge in [0.15, 0.2) is 0 Å². The fourth-order valence-electron chi connectivity index (χ4n) is 1.07. The standard InChI is InChI=1S/C12H15ClNO2/c1-12(2,3)16-11(15)14(4)10-7-5-6-9(13)8-10/h5,7-8H,1-4H3. The van der Waals surface area contributed by atoms with Gasteiger partial charge in [0.25, 0.3) is 0 Å². The monoisotopic (exact) mass is 240 g/mol. The molecule has 3 nitrogen and oxygen atoms in total. The van der Waals surface area contributed by atoms with E-state index < -0.39 is 11.7 Å². The van der Waals surface area contributed by atoms with E-state index >= 15 is 0 Å². The fraction of sp³-hybridized carbons (Fsp3) is 0.417. The number of carbonyl (C=O) groups excluding carboxylic acids is 1. The van der Waals surface area contributed by atoms with Crippen LogP contribution in [0.15, 0.2) is 18.2 Å². The Bertz CT molecular complexity index is 385. The Labute approximate surface area is 101 Å². The van der Waals surface area contributed by atoms with E-state index in [9.17, 15) is 4.79 Å². The van der Waals surface area contributed by atoms with E-state index in [1.54, 1.807) is 25.2 Å². The number of benzene rings is 1. The molecule has 4 heteroatoms. The van der Waals surface area contributed by atoms with Gasteiger partial charge in [0.05, 0.1) is 5.02 Å². The number of hydrogen-bond acceptors (Lipinski definition) is 2. The lowest BCUT2D eigenvalue weighted by atomic mass is 10.2. The second kappa shape index (κ2) is 4.74. The lowest BCUT2D eigenvalue weighted by Crippen LogP contribution is -2.34. The first kappa shape index (κ1) is 12.8. The molecule has 0 bridgehead atoms. The van der Waals surface area contributed by atoms with E-state index in [1.807, 2.05) is 20.8 Å². The van der Waals surface area contributed by atoms with Crippen LogP contribution in [0.4, 0.5) is 10.5 Å². The van der Waals surface area contributed by atoms with Gasteiger partial charge in [-0.25, -0.2) is 4.79 Å². The van der Waals surface area contributed by atoms with Crippen molar-refractivity contribution >= 4 is 23.4 Å². The first-order valence-electron chi connectivity index (χ1n) is 4.93. The molecular formula is C12H15ClNO2. The highest BCUT2D eigenvalue weighted by atomic mass is 35.5. The molecular weight excluding hydrogens is 226 g/mol. The minimum Gasteiger partial charge on any atom is -0.443 e. The van der Waals surface area contributed by atoms with Crippen LogP contribution in [0.25, 0.3) is 0 Å². The molecule has 16 heavy (non-hydrogen) atoms. The highest BCUT2D eigenvalue weighted by Crippen LogP contribution is 2.19. The van der Waals surface area contributed by atoms with Gasteiger partial charge in [0.1, 0.15) is 5.60 Å². The predicted octanol–water partition coefficient (Wildman–Crippen LogP) is 3.51. The number of hydrogen-bond donors (Lipinski definition) is 0. The number of halogens is 1. The highest BCUT2D eigenvalue weighted by Gasteiger charge is 2.20. The lowest BCUT2D eigenvalue weighted by molar-refractivity contribution is 0.0589. The van der Waals surface area contributed by atoms with Gasteiger partial charge < -0.3 is 4.74 Å². The maximum absolute atomic E-state index is 11.7. The van der Waals surface area contributed by atoms with Crippen molar-refractivity contribution in [3.63, 3.8) is 0 Å². The molecule has 0 N–H and O–H groups in total. The lowest BCUT2D eigenvalue weighted by Gasteiger charge is -2.24. The van der Waals surface area contributed by atoms with Gasteiger partial charge in [-0.1, -0.05) is 17.7 Å². The Kier molecular flexibility index (Phi) is 3.81. The van der Waals surface area contributed by atoms with Gasteiger partial charge >= 0.3 is 6.09 Å². The minimum absolute atomic E-state index is 0.408. The molecule has 0 unspecified atom stereocenters. The zero-order valence-corrected chi connectivity index (χ0v) is 10.6. The molecule has 0 aliphatic carbocycles. The van der Waals surface area contributed by atoms with Crippen LogP contribution >= 0.6 is 11.6 Å². The summed E-state index contributed by atoms with van der Waals surface area (Å²) in [5, 5.41) is 0.466. The summed E-state index contributed by atoms with van der Waals surface area (Å²) in [6.45, 7) is 5.47. The number of amides is 1. The van der Waals surface area contributed by atoms with E-state index in [2.05, 4.69) is 6.07 Å². The molecule has 1 rings (SSSR count). The molecule has 0 fully saturated rings. The molecule has 0 heterocycles. The molecule has 1 aromatic rings. The fourth-order valence-corrected chi connectivity index (χ4v) is 1.25. The molecule has 0 spiro atoms. The van der Waals surface area contributed by atoms with Gasteiger partial charge in [-0.3, -0.25) is 4.90 Å². The van der Waals surface area contributed by atoms with Gasteiger partial charge in [-0.15, -0.1) is 0 Å². The van der Waals surface area contributed by atoms with Crippen LogP contribution in [-0.4, -0.2) is 18.7 Å². The maximum Gasteiger partial charge on any atom is 0.414 e. The van der Waals surface area contributed by atoms with Crippen molar-refractivity contribution in [2.45, 2.75) is 26.4 Å². The second-order valence-electron chi connectivity index (χ2n) is 4.43. The van der Waals surface area contributed by atoms with E-state index in [4.69, 9.17) is 16.3 Å². The average Bonchev–Trinajstić information content (AvgIpc) is 2.14. The Hall–Kier alpha value is -1.22. The van der Waals surface area contributed by atoms with Crippen LogP contribution in [0.1, 0.15) is 20.8 Å². The van der Waals surface area contributed by atoms with E-state index in [0.29, 0.717) is 10.7 Å². The molecule has 0 atom stereocenters. The summed E-state index contributed by atoms with van der Waals surface area (Å²) in [6, 6.07) is 7.87. The number of rotatable bonds is 1. The Balaban J connectivity index is 2.78. The van der Waals surface area contributed by atoms with Crippen LogP contribution in [0.3, 0.4) is 0 Å². The van der Waals surface area contributed by atoms with Gasteiger partial charge in [-0.2, -0.15) is 0 Å². The van der Waals surface area contributed by atoms with Crippen LogP contribution in [0.5, 0.6) is 0 Å². The van der Waals surface area contributed by atoms with Crippen molar-refractivity contribution in [2.75, 3.05) is 11.9 Å². The van der Waals surface area contributed by atoms with Gasteiger partial charge in [0, 0.05) is 18.8 Å². The SMILES string of the molecule is CN(C(=O)OC(C)(C)C)c1cc[c]c(Cl)c1. The normalized spacial score (nSPS) is 11.1. The third-order valence-corrected chi connectivity index (χ3v) is 2.02. The summed E-state index contributed by atoms with van der Waals surface area (Å²) in [5.41, 5.74) is 0.175. The Morgan fingerprint density at radius 1 is 1.50 bits per heavy atom. The zero-order valence-electron chi connectivity index (χ0n) is 9.87. The molecule has 0 saturated carbocycles. The van der Waals surface area contributed by atoms with Crippen molar-refractivity contribution < 1.29 is 9.53 Å². The number of ether oxygens (including phenoxy) is 1. The predicted molar refractivity (Wildman–Crippen MR) is 64.9 cm³/mol. The van der Waals surface area contributed by atoms with Crippen molar-refractivity contribution in [1.82, 2.24) is 0 Å². The average molecular weight is 241 g/mol. The number of carbonyl (C=O) groups is 1. The smallest absolute Gasteiger partial charge is 0.414 e. The maximum atomic E-state index is 11.7. The number of nitrogens with zero attached hydrogens (tertiary/aromatic N) is 1. The summed E-state index contributed by atoms with van der Waals surface area (Å²) in [5.74, 6) is 0. The molecule has 0 saturated heterocycles. The van der Waals surface area contributed by atoms with Gasteiger partial charge in [-0.05, 0) is 32.9 Å². The number of anilines is 1. The third kappa shape index (κ3) is 3.74. The van der Waals surface area contributed by atoms with Crippen molar-refractivity contribution in [1.29, 1.82) is 0 Å². The molecule has 0 aliphatic rings. The van der Waals surface area contributed by atoms with Crippen LogP contribution in [0, 0.1) is 6.07 Å². The molecule has 1 aromatic carbocycles. The van der Waals surface area contributed by atoms with Crippen molar-refractivity contribution in [3.05, 3.63) is 29.3 Å². The second-order valence-corrected chi connectivity index (χ2v) is 4.84. The first-order chi connectivity index (χ1) is 7.29. The summed E-state index contributed by atoms with van der Waals surface area (Å²) < 4.78 is 5.23. The van der Waals surface area contributed by atoms with E-state index in [1.165, 1.54) is 4.90 Å². The Morgan fingerprint density at radius 3 is 2.62 bits per heavy atom. The summed E-state index contributed by atoms with van der Waals surface area (Å²) >= 11 is 5.79. The summed E-state index contributed by atoms with van der Waals surface area (Å²) in [4.78, 5) is 13.1. The molecule has 0 aromatic heterocycles. The van der Waals surface area contributed by atoms with Gasteiger partial charge in [0.2, 0.25) is 0 Å². The van der Waals surface area contributed by atoms with Crippen molar-refractivity contribution in [2.24, 2.45) is 0 Å². The van der Waals surface area contributed by atoms with E-state index in [-0.39, 0.29) is 0 Å². The van der Waals surface area contributed by atoms with Crippen LogP contribution < -0.4 is 4.90 Å². The molecule has 1 radical (unpaired) electrons. The molecule has 87 valence electrons. The van der Waals surface area contributed by atoms with E-state index in [0.717, 1.165) is 0 Å². The zero-order chi connectivity index (χ0) is 12.3. The summed E-state index contributed by atoms with van der Waals surface area (Å²) in [6.07, 6.45) is -0.408.